The maximum Gasteiger partial charge on any atom is 0.237 e. The van der Waals surface area contributed by atoms with Crippen molar-refractivity contribution >= 4 is 5.91 Å². The van der Waals surface area contributed by atoms with Crippen LogP contribution in [0, 0.1) is 0 Å². The van der Waals surface area contributed by atoms with Crippen molar-refractivity contribution in [3.63, 3.8) is 0 Å². The van der Waals surface area contributed by atoms with Gasteiger partial charge in [-0.1, -0.05) is 24.3 Å². The molecule has 0 aromatic heterocycles. The third-order valence-electron chi connectivity index (χ3n) is 4.72. The van der Waals surface area contributed by atoms with Crippen molar-refractivity contribution in [3.8, 4) is 0 Å². The molecule has 3 rings (SSSR count). The Kier molecular flexibility index (Phi) is 5.08. The first-order chi connectivity index (χ1) is 10.8. The number of carbonyl (C=O) groups excluding carboxylic acids is 1. The van der Waals surface area contributed by atoms with Crippen LogP contribution in [0.3, 0.4) is 0 Å². The summed E-state index contributed by atoms with van der Waals surface area (Å²) in [5.41, 5.74) is 2.67. The maximum absolute atomic E-state index is 12.5. The summed E-state index contributed by atoms with van der Waals surface area (Å²) in [5.74, 6) is 0.241. The molecule has 1 amide bonds. The van der Waals surface area contributed by atoms with Gasteiger partial charge in [-0.2, -0.15) is 0 Å². The Labute approximate surface area is 132 Å². The fourth-order valence-corrected chi connectivity index (χ4v) is 3.31. The van der Waals surface area contributed by atoms with Crippen LogP contribution in [-0.4, -0.2) is 78.1 Å². The molecule has 0 aliphatic carbocycles. The van der Waals surface area contributed by atoms with Crippen molar-refractivity contribution in [3.05, 3.63) is 35.4 Å². The first-order valence-electron chi connectivity index (χ1n) is 8.16. The zero-order valence-electron chi connectivity index (χ0n) is 13.1. The minimum Gasteiger partial charge on any atom is -0.395 e. The second kappa shape index (κ2) is 7.22. The predicted octanol–water partition coefficient (Wildman–Crippen LogP) is 0.181. The molecule has 2 aliphatic heterocycles. The van der Waals surface area contributed by atoms with Crippen LogP contribution in [0.2, 0.25) is 0 Å². The van der Waals surface area contributed by atoms with Gasteiger partial charge in [-0.3, -0.25) is 14.6 Å². The van der Waals surface area contributed by atoms with Crippen LogP contribution in [0.1, 0.15) is 11.1 Å². The summed E-state index contributed by atoms with van der Waals surface area (Å²) >= 11 is 0. The molecule has 5 nitrogen and oxygen atoms in total. The lowest BCUT2D eigenvalue weighted by Crippen LogP contribution is -2.51. The second-order valence-electron chi connectivity index (χ2n) is 6.18. The summed E-state index contributed by atoms with van der Waals surface area (Å²) in [6.45, 7) is 6.77. The number of hydrogen-bond donors (Lipinski definition) is 1. The number of aliphatic hydroxyl groups is 1. The van der Waals surface area contributed by atoms with Crippen LogP contribution in [0.15, 0.2) is 24.3 Å². The minimum atomic E-state index is 0.214. The number of fused-ring (bicyclic) bond motifs is 1. The lowest BCUT2D eigenvalue weighted by molar-refractivity contribution is -0.133. The Morgan fingerprint density at radius 2 is 1.68 bits per heavy atom. The molecule has 1 fully saturated rings. The standard InChI is InChI=1S/C17H25N3O2/c21-12-11-18-7-9-19(10-8-18)14-17(22)20-6-5-15-3-1-2-4-16(15)13-20/h1-4,21H,5-14H2. The summed E-state index contributed by atoms with van der Waals surface area (Å²) in [6.07, 6.45) is 0.964. The molecular weight excluding hydrogens is 278 g/mol. The molecule has 22 heavy (non-hydrogen) atoms. The van der Waals surface area contributed by atoms with Gasteiger partial charge in [0.2, 0.25) is 5.91 Å². The molecule has 5 heteroatoms. The molecule has 0 unspecified atom stereocenters. The fourth-order valence-electron chi connectivity index (χ4n) is 3.31. The lowest BCUT2D eigenvalue weighted by Gasteiger charge is -2.36. The highest BCUT2D eigenvalue weighted by Crippen LogP contribution is 2.18. The number of carbonyl (C=O) groups is 1. The number of amides is 1. The highest BCUT2D eigenvalue weighted by Gasteiger charge is 2.24. The van der Waals surface area contributed by atoms with E-state index in [4.69, 9.17) is 5.11 Å². The predicted molar refractivity (Wildman–Crippen MR) is 85.5 cm³/mol. The van der Waals surface area contributed by atoms with E-state index in [1.807, 2.05) is 11.0 Å². The van der Waals surface area contributed by atoms with Gasteiger partial charge in [0, 0.05) is 45.8 Å². The first-order valence-corrected chi connectivity index (χ1v) is 8.16. The number of nitrogens with zero attached hydrogens (tertiary/aromatic N) is 3. The topological polar surface area (TPSA) is 47.0 Å². The molecule has 0 atom stereocenters. The molecule has 2 heterocycles. The van der Waals surface area contributed by atoms with Gasteiger partial charge in [0.1, 0.15) is 0 Å². The lowest BCUT2D eigenvalue weighted by atomic mass is 10.00. The molecule has 1 saturated heterocycles. The number of hydrogen-bond acceptors (Lipinski definition) is 4. The van der Waals surface area contributed by atoms with E-state index in [2.05, 4.69) is 28.0 Å². The number of β-amino-alcohol motifs (C(OH)–C–C–N with tert-alkyl or cyclic N) is 1. The quantitative estimate of drug-likeness (QED) is 0.862. The van der Waals surface area contributed by atoms with Gasteiger partial charge in [-0.25, -0.2) is 0 Å². The first kappa shape index (κ1) is 15.5. The van der Waals surface area contributed by atoms with Crippen molar-refractivity contribution in [2.45, 2.75) is 13.0 Å². The van der Waals surface area contributed by atoms with Gasteiger partial charge in [-0.05, 0) is 17.5 Å². The summed E-state index contributed by atoms with van der Waals surface area (Å²) in [6, 6.07) is 8.41. The zero-order chi connectivity index (χ0) is 15.4. The van der Waals surface area contributed by atoms with E-state index in [0.29, 0.717) is 6.54 Å². The van der Waals surface area contributed by atoms with E-state index in [-0.39, 0.29) is 12.5 Å². The van der Waals surface area contributed by atoms with Crippen LogP contribution >= 0.6 is 0 Å². The van der Waals surface area contributed by atoms with E-state index in [1.54, 1.807) is 0 Å². The van der Waals surface area contributed by atoms with Gasteiger partial charge in [0.15, 0.2) is 0 Å². The molecular formula is C17H25N3O2. The van der Waals surface area contributed by atoms with Crippen LogP contribution < -0.4 is 0 Å². The van der Waals surface area contributed by atoms with Crippen molar-refractivity contribution in [2.24, 2.45) is 0 Å². The molecule has 1 N–H and O–H groups in total. The zero-order valence-corrected chi connectivity index (χ0v) is 13.1. The normalized spacial score (nSPS) is 20.0. The molecule has 120 valence electrons. The van der Waals surface area contributed by atoms with Crippen LogP contribution in [0.5, 0.6) is 0 Å². The highest BCUT2D eigenvalue weighted by molar-refractivity contribution is 5.78. The minimum absolute atomic E-state index is 0.214. The Morgan fingerprint density at radius 1 is 1.00 bits per heavy atom. The van der Waals surface area contributed by atoms with Crippen LogP contribution in [0.4, 0.5) is 0 Å². The smallest absolute Gasteiger partial charge is 0.237 e. The third kappa shape index (κ3) is 3.66. The highest BCUT2D eigenvalue weighted by atomic mass is 16.3. The summed E-state index contributed by atoms with van der Waals surface area (Å²) in [4.78, 5) is 19.0. The number of benzene rings is 1. The SMILES string of the molecule is O=C(CN1CCN(CCO)CC1)N1CCc2ccccc2C1. The molecule has 1 aromatic carbocycles. The molecule has 2 aliphatic rings. The maximum atomic E-state index is 12.5. The van der Waals surface area contributed by atoms with Crippen LogP contribution in [-0.2, 0) is 17.8 Å². The largest absolute Gasteiger partial charge is 0.395 e. The molecule has 0 radical (unpaired) electrons. The number of rotatable bonds is 4. The van der Waals surface area contributed by atoms with Gasteiger partial charge in [0.05, 0.1) is 13.2 Å². The molecule has 0 saturated carbocycles. The Morgan fingerprint density at radius 3 is 2.41 bits per heavy atom. The van der Waals surface area contributed by atoms with Crippen molar-refractivity contribution in [1.29, 1.82) is 0 Å². The second-order valence-corrected chi connectivity index (χ2v) is 6.18. The number of piperazine rings is 1. The van der Waals surface area contributed by atoms with Crippen molar-refractivity contribution in [1.82, 2.24) is 14.7 Å². The van der Waals surface area contributed by atoms with Gasteiger partial charge >= 0.3 is 0 Å². The van der Waals surface area contributed by atoms with E-state index in [1.165, 1.54) is 11.1 Å². The number of aliphatic hydroxyl groups excluding tert-OH is 1. The van der Waals surface area contributed by atoms with E-state index < -0.39 is 0 Å². The van der Waals surface area contributed by atoms with Crippen LogP contribution in [0.25, 0.3) is 0 Å². The molecule has 0 bridgehead atoms. The Bertz CT molecular complexity index is 512. The fraction of sp³-hybridized carbons (Fsp3) is 0.588. The third-order valence-corrected chi connectivity index (χ3v) is 4.72. The Hall–Kier alpha value is -1.43. The van der Waals surface area contributed by atoms with E-state index in [0.717, 1.165) is 52.2 Å². The van der Waals surface area contributed by atoms with Crippen molar-refractivity contribution in [2.75, 3.05) is 52.4 Å². The van der Waals surface area contributed by atoms with E-state index >= 15 is 0 Å². The van der Waals surface area contributed by atoms with Gasteiger partial charge in [-0.15, -0.1) is 0 Å². The Balaban J connectivity index is 1.49. The van der Waals surface area contributed by atoms with E-state index in [9.17, 15) is 4.79 Å². The average molecular weight is 303 g/mol. The van der Waals surface area contributed by atoms with Crippen molar-refractivity contribution < 1.29 is 9.90 Å². The average Bonchev–Trinajstić information content (AvgIpc) is 2.56. The monoisotopic (exact) mass is 303 g/mol. The van der Waals surface area contributed by atoms with Gasteiger partial charge < -0.3 is 10.0 Å². The van der Waals surface area contributed by atoms with Gasteiger partial charge in [0.25, 0.3) is 0 Å². The summed E-state index contributed by atoms with van der Waals surface area (Å²) < 4.78 is 0. The summed E-state index contributed by atoms with van der Waals surface area (Å²) in [7, 11) is 0. The molecule has 1 aromatic rings. The summed E-state index contributed by atoms with van der Waals surface area (Å²) in [5, 5.41) is 8.96. The molecule has 0 spiro atoms.